The highest BCUT2D eigenvalue weighted by Gasteiger charge is 2.51. The van der Waals surface area contributed by atoms with Crippen LogP contribution in [0.2, 0.25) is 0 Å². The monoisotopic (exact) mass is 180 g/mol. The van der Waals surface area contributed by atoms with Gasteiger partial charge in [0.15, 0.2) is 0 Å². The highest BCUT2D eigenvalue weighted by Crippen LogP contribution is 2.42. The molecule has 1 saturated heterocycles. The maximum absolute atomic E-state index is 12.4. The van der Waals surface area contributed by atoms with Crippen LogP contribution in [0.25, 0.3) is 0 Å². The first-order chi connectivity index (χ1) is 5.09. The summed E-state index contributed by atoms with van der Waals surface area (Å²) in [5.74, 6) is -0.0648. The lowest BCUT2D eigenvalue weighted by Gasteiger charge is -2.35. The van der Waals surface area contributed by atoms with Crippen molar-refractivity contribution in [2.24, 2.45) is 5.92 Å². The van der Waals surface area contributed by atoms with Gasteiger partial charge in [0.1, 0.15) is 0 Å². The summed E-state index contributed by atoms with van der Waals surface area (Å²) >= 11 is 0. The summed E-state index contributed by atoms with van der Waals surface area (Å²) in [5.41, 5.74) is 0. The lowest BCUT2D eigenvalue weighted by atomic mass is 9.81. The van der Waals surface area contributed by atoms with Crippen LogP contribution < -0.4 is 0 Å². The van der Waals surface area contributed by atoms with Gasteiger partial charge in [0, 0.05) is 12.5 Å². The van der Waals surface area contributed by atoms with Gasteiger partial charge in [-0.15, -0.1) is 3.89 Å². The fraction of sp³-hybridized carbons (Fsp3) is 1.00. The first-order valence-electron chi connectivity index (χ1n) is 3.64. The van der Waals surface area contributed by atoms with Gasteiger partial charge in [-0.2, -0.15) is 8.42 Å². The molecule has 0 spiro atoms. The molecule has 0 N–H and O–H groups in total. The Balaban J connectivity index is 2.12. The van der Waals surface area contributed by atoms with Crippen LogP contribution in [0.15, 0.2) is 0 Å². The molecule has 64 valence electrons. The van der Waals surface area contributed by atoms with Crippen molar-refractivity contribution in [1.29, 1.82) is 0 Å². The van der Waals surface area contributed by atoms with E-state index in [4.69, 9.17) is 4.74 Å². The quantitative estimate of drug-likeness (QED) is 0.551. The van der Waals surface area contributed by atoms with Crippen LogP contribution in [-0.2, 0) is 15.0 Å². The third kappa shape index (κ3) is 1.06. The third-order valence-electron chi connectivity index (χ3n) is 2.56. The zero-order valence-electron chi connectivity index (χ0n) is 5.86. The molecule has 1 unspecified atom stereocenters. The number of fused-ring (bicyclic) bond motifs is 1. The molecule has 0 aromatic rings. The molecule has 1 heterocycles. The second kappa shape index (κ2) is 2.17. The van der Waals surface area contributed by atoms with Crippen molar-refractivity contribution in [3.63, 3.8) is 0 Å². The molecule has 3 nitrogen and oxygen atoms in total. The van der Waals surface area contributed by atoms with E-state index < -0.39 is 15.5 Å². The van der Waals surface area contributed by atoms with E-state index in [9.17, 15) is 12.3 Å². The summed E-state index contributed by atoms with van der Waals surface area (Å²) in [5, 5.41) is -0.769. The van der Waals surface area contributed by atoms with Crippen molar-refractivity contribution >= 4 is 10.2 Å². The number of hydrogen-bond acceptors (Lipinski definition) is 3. The predicted molar refractivity (Wildman–Crippen MR) is 36.3 cm³/mol. The van der Waals surface area contributed by atoms with Crippen LogP contribution in [0.5, 0.6) is 0 Å². The van der Waals surface area contributed by atoms with Gasteiger partial charge in [0.2, 0.25) is 0 Å². The molecular weight excluding hydrogens is 171 g/mol. The van der Waals surface area contributed by atoms with E-state index >= 15 is 0 Å². The Kier molecular flexibility index (Phi) is 1.47. The summed E-state index contributed by atoms with van der Waals surface area (Å²) in [6.45, 7) is 0.585. The molecule has 1 aliphatic heterocycles. The first-order valence-corrected chi connectivity index (χ1v) is 5.09. The van der Waals surface area contributed by atoms with Gasteiger partial charge in [-0.3, -0.25) is 0 Å². The van der Waals surface area contributed by atoms with Crippen LogP contribution in [0, 0.1) is 5.92 Å². The van der Waals surface area contributed by atoms with Gasteiger partial charge < -0.3 is 4.74 Å². The molecule has 1 aliphatic carbocycles. The van der Waals surface area contributed by atoms with Gasteiger partial charge in [-0.1, -0.05) is 0 Å². The lowest BCUT2D eigenvalue weighted by Crippen LogP contribution is -2.46. The van der Waals surface area contributed by atoms with Gasteiger partial charge >= 0.3 is 10.2 Å². The highest BCUT2D eigenvalue weighted by molar-refractivity contribution is 7.87. The fourth-order valence-electron chi connectivity index (χ4n) is 1.86. The maximum atomic E-state index is 12.4. The number of halogens is 1. The van der Waals surface area contributed by atoms with E-state index in [1.165, 1.54) is 0 Å². The highest BCUT2D eigenvalue weighted by atomic mass is 32.3. The van der Waals surface area contributed by atoms with Crippen LogP contribution >= 0.6 is 0 Å². The fourth-order valence-corrected chi connectivity index (χ4v) is 3.01. The third-order valence-corrected chi connectivity index (χ3v) is 3.83. The molecular formula is C6H9FO3S. The summed E-state index contributed by atoms with van der Waals surface area (Å²) in [6, 6.07) is 0. The second-order valence-electron chi connectivity index (χ2n) is 3.11. The van der Waals surface area contributed by atoms with Gasteiger partial charge in [-0.05, 0) is 12.8 Å². The molecule has 0 aromatic heterocycles. The van der Waals surface area contributed by atoms with E-state index in [0.29, 0.717) is 19.4 Å². The average Bonchev–Trinajstić information content (AvgIpc) is 2.08. The Bertz CT molecular complexity index is 261. The Labute approximate surface area is 64.8 Å². The molecule has 0 amide bonds. The Morgan fingerprint density at radius 1 is 1.45 bits per heavy atom. The van der Waals surface area contributed by atoms with Crippen LogP contribution in [0.4, 0.5) is 3.89 Å². The smallest absolute Gasteiger partial charge is 0.305 e. The van der Waals surface area contributed by atoms with Crippen LogP contribution in [0.1, 0.15) is 12.8 Å². The lowest BCUT2D eigenvalue weighted by molar-refractivity contribution is 0.0358. The molecule has 3 atom stereocenters. The number of hydrogen-bond donors (Lipinski definition) is 0. The van der Waals surface area contributed by atoms with Crippen molar-refractivity contribution in [3.05, 3.63) is 0 Å². The van der Waals surface area contributed by atoms with Gasteiger partial charge in [0.05, 0.1) is 11.4 Å². The minimum atomic E-state index is -4.30. The van der Waals surface area contributed by atoms with Crippen LogP contribution in [0.3, 0.4) is 0 Å². The van der Waals surface area contributed by atoms with Crippen molar-refractivity contribution in [1.82, 2.24) is 0 Å². The normalized spacial score (nSPS) is 43.2. The maximum Gasteiger partial charge on any atom is 0.305 e. The molecule has 5 heteroatoms. The summed E-state index contributed by atoms with van der Waals surface area (Å²) in [4.78, 5) is 0. The first kappa shape index (κ1) is 7.49. The molecule has 2 rings (SSSR count). The number of rotatable bonds is 1. The zero-order valence-corrected chi connectivity index (χ0v) is 6.68. The number of ether oxygens (including phenoxy) is 1. The van der Waals surface area contributed by atoms with Crippen LogP contribution in [-0.4, -0.2) is 26.4 Å². The van der Waals surface area contributed by atoms with Gasteiger partial charge in [0.25, 0.3) is 0 Å². The van der Waals surface area contributed by atoms with Crippen molar-refractivity contribution in [2.75, 3.05) is 6.61 Å². The topological polar surface area (TPSA) is 43.4 Å². The minimum Gasteiger partial charge on any atom is -0.378 e. The molecule has 1 saturated carbocycles. The minimum absolute atomic E-state index is 0.0190. The second-order valence-corrected chi connectivity index (χ2v) is 4.67. The summed E-state index contributed by atoms with van der Waals surface area (Å²) < 4.78 is 38.4. The van der Waals surface area contributed by atoms with Gasteiger partial charge in [-0.25, -0.2) is 0 Å². The average molecular weight is 180 g/mol. The van der Waals surface area contributed by atoms with E-state index in [0.717, 1.165) is 0 Å². The molecule has 0 bridgehead atoms. The van der Waals surface area contributed by atoms with E-state index in [-0.39, 0.29) is 12.0 Å². The van der Waals surface area contributed by atoms with E-state index in [1.54, 1.807) is 0 Å². The zero-order chi connectivity index (χ0) is 8.06. The van der Waals surface area contributed by atoms with E-state index in [1.807, 2.05) is 0 Å². The summed E-state index contributed by atoms with van der Waals surface area (Å²) in [7, 11) is -4.30. The van der Waals surface area contributed by atoms with Crippen molar-refractivity contribution in [2.45, 2.75) is 24.2 Å². The standard InChI is InChI=1S/C6H9FO3S/c7-11(8,9)6-3-5-4(6)1-2-10-5/h4-6H,1-3H2/t4-,5-,6?/m0/s1. The molecule has 11 heavy (non-hydrogen) atoms. The predicted octanol–water partition coefficient (Wildman–Crippen LogP) is 0.463. The Morgan fingerprint density at radius 2 is 2.18 bits per heavy atom. The van der Waals surface area contributed by atoms with Crippen molar-refractivity contribution < 1.29 is 17.0 Å². The SMILES string of the molecule is O=S(=O)(F)C1C[C@@H]2OCC[C@H]12. The van der Waals surface area contributed by atoms with Crippen molar-refractivity contribution in [3.8, 4) is 0 Å². The summed E-state index contributed by atoms with van der Waals surface area (Å²) in [6.07, 6.45) is 1.06. The molecule has 2 aliphatic rings. The Hall–Kier alpha value is -0.160. The largest absolute Gasteiger partial charge is 0.378 e. The van der Waals surface area contributed by atoms with E-state index in [2.05, 4.69) is 0 Å². The Morgan fingerprint density at radius 3 is 2.73 bits per heavy atom. The molecule has 0 radical (unpaired) electrons. The molecule has 2 fully saturated rings. The molecule has 0 aromatic carbocycles.